The summed E-state index contributed by atoms with van der Waals surface area (Å²) in [5, 5.41) is 10.7. The van der Waals surface area contributed by atoms with E-state index in [1.54, 1.807) is 19.2 Å². The third kappa shape index (κ3) is 3.79. The Balaban J connectivity index is 2.68. The van der Waals surface area contributed by atoms with Crippen molar-refractivity contribution in [3.63, 3.8) is 0 Å². The highest BCUT2D eigenvalue weighted by Crippen LogP contribution is 2.30. The molecule has 1 aromatic carbocycles. The molecule has 6 heteroatoms. The minimum Gasteiger partial charge on any atom is -0.487 e. The molecule has 0 amide bonds. The maximum atomic E-state index is 10.7. The van der Waals surface area contributed by atoms with E-state index >= 15 is 0 Å². The van der Waals surface area contributed by atoms with Crippen LogP contribution in [0.25, 0.3) is 0 Å². The summed E-state index contributed by atoms with van der Waals surface area (Å²) in [6, 6.07) is 4.61. The average molecular weight is 290 g/mol. The second-order valence-corrected chi connectivity index (χ2v) is 3.98. The first-order valence-corrected chi connectivity index (χ1v) is 5.50. The molecular formula is C10H12BrNO4. The van der Waals surface area contributed by atoms with E-state index in [1.165, 1.54) is 6.07 Å². The highest BCUT2D eigenvalue weighted by atomic mass is 79.9. The molecule has 0 saturated heterocycles. The highest BCUT2D eigenvalue weighted by molar-refractivity contribution is 9.10. The molecule has 0 bridgehead atoms. The summed E-state index contributed by atoms with van der Waals surface area (Å²) < 4.78 is 10.9. The van der Waals surface area contributed by atoms with Crippen LogP contribution in [0, 0.1) is 10.1 Å². The van der Waals surface area contributed by atoms with E-state index in [9.17, 15) is 10.1 Å². The quantitative estimate of drug-likeness (QED) is 0.459. The zero-order valence-electron chi connectivity index (χ0n) is 8.81. The van der Waals surface area contributed by atoms with Gasteiger partial charge in [-0.2, -0.15) is 0 Å². The fourth-order valence-electron chi connectivity index (χ4n) is 1.14. The second kappa shape index (κ2) is 6.44. The van der Waals surface area contributed by atoms with Gasteiger partial charge in [-0.3, -0.25) is 10.1 Å². The number of rotatable bonds is 6. The van der Waals surface area contributed by atoms with Crippen LogP contribution >= 0.6 is 15.9 Å². The molecule has 0 unspecified atom stereocenters. The standard InChI is InChI=1S/C10H12BrNO4/c1-15-5-2-6-16-10-7-8(11)3-4-9(10)12(13)14/h3-4,7H,2,5-6H2,1H3. The molecular weight excluding hydrogens is 278 g/mol. The van der Waals surface area contributed by atoms with E-state index < -0.39 is 4.92 Å². The zero-order chi connectivity index (χ0) is 12.0. The third-order valence-corrected chi connectivity index (χ3v) is 2.36. The van der Waals surface area contributed by atoms with E-state index in [2.05, 4.69) is 15.9 Å². The molecule has 0 aromatic heterocycles. The monoisotopic (exact) mass is 289 g/mol. The number of ether oxygens (including phenoxy) is 2. The number of nitrogens with zero attached hydrogens (tertiary/aromatic N) is 1. The van der Waals surface area contributed by atoms with Gasteiger partial charge in [0.1, 0.15) is 0 Å². The molecule has 0 aliphatic rings. The maximum absolute atomic E-state index is 10.7. The van der Waals surface area contributed by atoms with Gasteiger partial charge in [0.2, 0.25) is 0 Å². The van der Waals surface area contributed by atoms with E-state index in [-0.39, 0.29) is 11.4 Å². The fraction of sp³-hybridized carbons (Fsp3) is 0.400. The molecule has 88 valence electrons. The summed E-state index contributed by atoms with van der Waals surface area (Å²) in [5.74, 6) is 0.274. The van der Waals surface area contributed by atoms with Crippen LogP contribution in [-0.4, -0.2) is 25.2 Å². The molecule has 0 fully saturated rings. The van der Waals surface area contributed by atoms with Gasteiger partial charge in [-0.05, 0) is 6.07 Å². The van der Waals surface area contributed by atoms with Crippen LogP contribution in [-0.2, 0) is 4.74 Å². The summed E-state index contributed by atoms with van der Waals surface area (Å²) in [6.45, 7) is 0.965. The Morgan fingerprint density at radius 2 is 2.19 bits per heavy atom. The Morgan fingerprint density at radius 1 is 1.44 bits per heavy atom. The van der Waals surface area contributed by atoms with Crippen molar-refractivity contribution in [2.45, 2.75) is 6.42 Å². The summed E-state index contributed by atoms with van der Waals surface area (Å²) in [6.07, 6.45) is 0.695. The zero-order valence-corrected chi connectivity index (χ0v) is 10.4. The van der Waals surface area contributed by atoms with Crippen molar-refractivity contribution in [3.8, 4) is 5.75 Å². The van der Waals surface area contributed by atoms with Gasteiger partial charge in [-0.25, -0.2) is 0 Å². The molecule has 16 heavy (non-hydrogen) atoms. The molecule has 0 spiro atoms. The Hall–Kier alpha value is -1.14. The van der Waals surface area contributed by atoms with Crippen LogP contribution in [0.5, 0.6) is 5.75 Å². The number of benzene rings is 1. The average Bonchev–Trinajstić information content (AvgIpc) is 2.24. The van der Waals surface area contributed by atoms with Crippen molar-refractivity contribution >= 4 is 21.6 Å². The van der Waals surface area contributed by atoms with Crippen molar-refractivity contribution in [1.82, 2.24) is 0 Å². The van der Waals surface area contributed by atoms with Gasteiger partial charge in [0.05, 0.1) is 11.5 Å². The second-order valence-electron chi connectivity index (χ2n) is 3.06. The minimum absolute atomic E-state index is 0.0272. The first kappa shape index (κ1) is 12.9. The first-order valence-electron chi connectivity index (χ1n) is 4.71. The predicted molar refractivity (Wildman–Crippen MR) is 62.8 cm³/mol. The molecule has 0 heterocycles. The molecule has 1 rings (SSSR count). The molecule has 0 aliphatic carbocycles. The Kier molecular flexibility index (Phi) is 5.21. The van der Waals surface area contributed by atoms with Crippen LogP contribution in [0.1, 0.15) is 6.42 Å². The maximum Gasteiger partial charge on any atom is 0.310 e. The van der Waals surface area contributed by atoms with E-state index in [0.29, 0.717) is 19.6 Å². The van der Waals surface area contributed by atoms with Gasteiger partial charge >= 0.3 is 5.69 Å². The van der Waals surface area contributed by atoms with Gasteiger partial charge in [0, 0.05) is 36.7 Å². The summed E-state index contributed by atoms with van der Waals surface area (Å²) in [7, 11) is 1.60. The van der Waals surface area contributed by atoms with Crippen molar-refractivity contribution < 1.29 is 14.4 Å². The van der Waals surface area contributed by atoms with Gasteiger partial charge in [0.25, 0.3) is 0 Å². The summed E-state index contributed by atoms with van der Waals surface area (Å²) in [4.78, 5) is 10.2. The smallest absolute Gasteiger partial charge is 0.310 e. The molecule has 0 saturated carbocycles. The lowest BCUT2D eigenvalue weighted by atomic mass is 10.3. The lowest BCUT2D eigenvalue weighted by Crippen LogP contribution is -2.03. The number of hydrogen-bond acceptors (Lipinski definition) is 4. The number of halogens is 1. The Bertz CT molecular complexity index is 370. The number of nitro groups is 1. The van der Waals surface area contributed by atoms with Gasteiger partial charge in [0.15, 0.2) is 5.75 Å². The summed E-state index contributed by atoms with van der Waals surface area (Å²) >= 11 is 3.24. The molecule has 1 aromatic rings. The van der Waals surface area contributed by atoms with Gasteiger partial charge < -0.3 is 9.47 Å². The van der Waals surface area contributed by atoms with Crippen LogP contribution < -0.4 is 4.74 Å². The number of hydrogen-bond donors (Lipinski definition) is 0. The molecule has 0 aliphatic heterocycles. The van der Waals surface area contributed by atoms with Crippen LogP contribution in [0.2, 0.25) is 0 Å². The molecule has 0 atom stereocenters. The Labute approximate surface area is 102 Å². The lowest BCUT2D eigenvalue weighted by Gasteiger charge is -2.06. The molecule has 5 nitrogen and oxygen atoms in total. The Morgan fingerprint density at radius 3 is 2.81 bits per heavy atom. The predicted octanol–water partition coefficient (Wildman–Crippen LogP) is 2.77. The largest absolute Gasteiger partial charge is 0.487 e. The molecule has 0 radical (unpaired) electrons. The SMILES string of the molecule is COCCCOc1cc(Br)ccc1[N+](=O)[O-]. The van der Waals surface area contributed by atoms with Crippen molar-refractivity contribution in [2.24, 2.45) is 0 Å². The first-order chi connectivity index (χ1) is 7.65. The van der Waals surface area contributed by atoms with Crippen molar-refractivity contribution in [1.29, 1.82) is 0 Å². The number of methoxy groups -OCH3 is 1. The highest BCUT2D eigenvalue weighted by Gasteiger charge is 2.14. The van der Waals surface area contributed by atoms with Crippen LogP contribution in [0.3, 0.4) is 0 Å². The van der Waals surface area contributed by atoms with Crippen LogP contribution in [0.4, 0.5) is 5.69 Å². The summed E-state index contributed by atoms with van der Waals surface area (Å²) in [5.41, 5.74) is -0.0272. The fourth-order valence-corrected chi connectivity index (χ4v) is 1.48. The van der Waals surface area contributed by atoms with Crippen LogP contribution in [0.15, 0.2) is 22.7 Å². The van der Waals surface area contributed by atoms with E-state index in [1.807, 2.05) is 0 Å². The van der Waals surface area contributed by atoms with Crippen molar-refractivity contribution in [2.75, 3.05) is 20.3 Å². The molecule has 0 N–H and O–H groups in total. The number of nitro benzene ring substituents is 1. The topological polar surface area (TPSA) is 61.6 Å². The lowest BCUT2D eigenvalue weighted by molar-refractivity contribution is -0.385. The third-order valence-electron chi connectivity index (χ3n) is 1.87. The normalized spacial score (nSPS) is 10.1. The van der Waals surface area contributed by atoms with Gasteiger partial charge in [-0.15, -0.1) is 0 Å². The van der Waals surface area contributed by atoms with E-state index in [4.69, 9.17) is 9.47 Å². The van der Waals surface area contributed by atoms with Crippen molar-refractivity contribution in [3.05, 3.63) is 32.8 Å². The van der Waals surface area contributed by atoms with Gasteiger partial charge in [-0.1, -0.05) is 15.9 Å². The minimum atomic E-state index is -0.460. The van der Waals surface area contributed by atoms with E-state index in [0.717, 1.165) is 4.47 Å².